The van der Waals surface area contributed by atoms with Gasteiger partial charge in [-0.1, -0.05) is 18.2 Å². The highest BCUT2D eigenvalue weighted by molar-refractivity contribution is 6.32. The third-order valence-electron chi connectivity index (χ3n) is 4.26. The lowest BCUT2D eigenvalue weighted by molar-refractivity contribution is -0.313. The number of para-hydroxylation sites is 1. The van der Waals surface area contributed by atoms with E-state index in [0.29, 0.717) is 0 Å². The standard InChI is InChI=1S/C18H20O10/c1-9(20)16(25)28-17-15(24)18(26,14(23)12(8-19)27-17)13(22)7-6-10-4-2-3-5-11(10)21/h2-7,12,14-15,17,19,21,23-24,26H,8H2,1H3/t12-,14-,15+,17?,18+/m1/s1. The Bertz CT molecular complexity index is 788. The highest BCUT2D eigenvalue weighted by Crippen LogP contribution is 2.32. The second-order valence-electron chi connectivity index (χ2n) is 6.16. The number of aliphatic hydroxyl groups is 4. The summed E-state index contributed by atoms with van der Waals surface area (Å²) in [5, 5.41) is 50.3. The fraction of sp³-hybridized carbons (Fsp3) is 0.389. The molecular weight excluding hydrogens is 376 g/mol. The lowest BCUT2D eigenvalue weighted by Crippen LogP contribution is -2.70. The van der Waals surface area contributed by atoms with Crippen LogP contribution in [0.5, 0.6) is 5.75 Å². The second kappa shape index (κ2) is 8.59. The molecule has 0 radical (unpaired) electrons. The summed E-state index contributed by atoms with van der Waals surface area (Å²) in [5.74, 6) is -3.80. The number of phenolic OH excluding ortho intramolecular Hbond substituents is 1. The van der Waals surface area contributed by atoms with E-state index in [2.05, 4.69) is 4.74 Å². The number of benzene rings is 1. The van der Waals surface area contributed by atoms with Crippen LogP contribution in [-0.2, 0) is 23.9 Å². The lowest BCUT2D eigenvalue weighted by Gasteiger charge is -2.45. The van der Waals surface area contributed by atoms with E-state index in [1.165, 1.54) is 12.1 Å². The molecule has 0 amide bonds. The molecule has 5 atom stereocenters. The quantitative estimate of drug-likeness (QED) is 0.212. The molecule has 1 aliphatic heterocycles. The largest absolute Gasteiger partial charge is 0.507 e. The van der Waals surface area contributed by atoms with Gasteiger partial charge in [0.1, 0.15) is 18.0 Å². The Morgan fingerprint density at radius 1 is 1.21 bits per heavy atom. The molecule has 28 heavy (non-hydrogen) atoms. The number of carbonyl (C=O) groups excluding carboxylic acids is 3. The van der Waals surface area contributed by atoms with Crippen molar-refractivity contribution in [3.05, 3.63) is 35.9 Å². The van der Waals surface area contributed by atoms with Gasteiger partial charge in [-0.25, -0.2) is 4.79 Å². The molecule has 0 spiro atoms. The maximum atomic E-state index is 12.6. The van der Waals surface area contributed by atoms with Crippen LogP contribution in [0.2, 0.25) is 0 Å². The van der Waals surface area contributed by atoms with E-state index in [0.717, 1.165) is 19.1 Å². The number of rotatable bonds is 6. The number of hydrogen-bond acceptors (Lipinski definition) is 10. The first-order chi connectivity index (χ1) is 13.1. The molecule has 0 saturated carbocycles. The molecule has 5 N–H and O–H groups in total. The van der Waals surface area contributed by atoms with Gasteiger partial charge in [0.15, 0.2) is 17.5 Å². The maximum Gasteiger partial charge on any atom is 0.376 e. The van der Waals surface area contributed by atoms with Crippen LogP contribution in [0.15, 0.2) is 30.3 Å². The van der Waals surface area contributed by atoms with E-state index in [1.54, 1.807) is 12.1 Å². The van der Waals surface area contributed by atoms with Crippen molar-refractivity contribution in [3.63, 3.8) is 0 Å². The Hall–Kier alpha value is -2.63. The third kappa shape index (κ3) is 4.11. The van der Waals surface area contributed by atoms with Gasteiger partial charge in [0, 0.05) is 12.5 Å². The first kappa shape index (κ1) is 21.7. The molecule has 1 saturated heterocycles. The van der Waals surface area contributed by atoms with Crippen molar-refractivity contribution in [2.24, 2.45) is 0 Å². The zero-order valence-corrected chi connectivity index (χ0v) is 14.8. The van der Waals surface area contributed by atoms with Crippen LogP contribution in [0.25, 0.3) is 6.08 Å². The molecule has 2 rings (SSSR count). The summed E-state index contributed by atoms with van der Waals surface area (Å²) in [5.41, 5.74) is -2.71. The van der Waals surface area contributed by atoms with Crippen LogP contribution in [0.4, 0.5) is 0 Å². The zero-order chi connectivity index (χ0) is 21.1. The molecule has 0 aromatic heterocycles. The number of phenols is 1. The molecule has 0 bridgehead atoms. The minimum Gasteiger partial charge on any atom is -0.507 e. The Morgan fingerprint density at radius 3 is 2.43 bits per heavy atom. The number of ether oxygens (including phenoxy) is 2. The van der Waals surface area contributed by atoms with Gasteiger partial charge in [-0.15, -0.1) is 0 Å². The van der Waals surface area contributed by atoms with E-state index in [-0.39, 0.29) is 11.3 Å². The number of carbonyl (C=O) groups is 3. The van der Waals surface area contributed by atoms with Crippen molar-refractivity contribution < 1.29 is 49.4 Å². The van der Waals surface area contributed by atoms with E-state index >= 15 is 0 Å². The van der Waals surface area contributed by atoms with Crippen LogP contribution in [-0.4, -0.2) is 79.9 Å². The minimum atomic E-state index is -2.92. The van der Waals surface area contributed by atoms with E-state index in [1.807, 2.05) is 0 Å². The van der Waals surface area contributed by atoms with E-state index < -0.39 is 54.3 Å². The molecule has 1 aliphatic rings. The Morgan fingerprint density at radius 2 is 1.86 bits per heavy atom. The molecule has 1 fully saturated rings. The van der Waals surface area contributed by atoms with Gasteiger partial charge in [0.2, 0.25) is 12.1 Å². The average Bonchev–Trinajstić information content (AvgIpc) is 2.67. The average molecular weight is 396 g/mol. The summed E-state index contributed by atoms with van der Waals surface area (Å²) >= 11 is 0. The van der Waals surface area contributed by atoms with Crippen molar-refractivity contribution in [3.8, 4) is 5.75 Å². The van der Waals surface area contributed by atoms with Gasteiger partial charge in [0.25, 0.3) is 0 Å². The molecule has 10 nitrogen and oxygen atoms in total. The normalized spacial score (nSPS) is 30.2. The van der Waals surface area contributed by atoms with Crippen LogP contribution in [0.3, 0.4) is 0 Å². The fourth-order valence-electron chi connectivity index (χ4n) is 2.63. The zero-order valence-electron chi connectivity index (χ0n) is 14.8. The molecule has 1 aromatic carbocycles. The van der Waals surface area contributed by atoms with Gasteiger partial charge < -0.3 is 35.0 Å². The first-order valence-corrected chi connectivity index (χ1v) is 8.19. The van der Waals surface area contributed by atoms with Gasteiger partial charge in [-0.2, -0.15) is 0 Å². The van der Waals surface area contributed by atoms with Crippen LogP contribution >= 0.6 is 0 Å². The molecular formula is C18H20O10. The van der Waals surface area contributed by atoms with Gasteiger partial charge >= 0.3 is 5.97 Å². The third-order valence-corrected chi connectivity index (χ3v) is 4.26. The number of aromatic hydroxyl groups is 1. The maximum absolute atomic E-state index is 12.6. The van der Waals surface area contributed by atoms with Crippen molar-refractivity contribution >= 4 is 23.6 Å². The number of ketones is 2. The van der Waals surface area contributed by atoms with Crippen molar-refractivity contribution in [1.29, 1.82) is 0 Å². The molecule has 10 heteroatoms. The number of aliphatic hydroxyl groups excluding tert-OH is 3. The van der Waals surface area contributed by atoms with Crippen LogP contribution < -0.4 is 0 Å². The number of Topliss-reactive ketones (excluding diaryl/α,β-unsaturated/α-hetero) is 1. The topological polar surface area (TPSA) is 171 Å². The van der Waals surface area contributed by atoms with Crippen molar-refractivity contribution in [2.75, 3.05) is 6.61 Å². The molecule has 152 valence electrons. The van der Waals surface area contributed by atoms with Crippen molar-refractivity contribution in [1.82, 2.24) is 0 Å². The second-order valence-corrected chi connectivity index (χ2v) is 6.16. The summed E-state index contributed by atoms with van der Waals surface area (Å²) in [6.07, 6.45) is -6.01. The summed E-state index contributed by atoms with van der Waals surface area (Å²) in [6, 6.07) is 5.95. The summed E-state index contributed by atoms with van der Waals surface area (Å²) < 4.78 is 9.60. The van der Waals surface area contributed by atoms with E-state index in [9.17, 15) is 39.9 Å². The fourth-order valence-corrected chi connectivity index (χ4v) is 2.63. The Kier molecular flexibility index (Phi) is 6.65. The van der Waals surface area contributed by atoms with Crippen LogP contribution in [0, 0.1) is 0 Å². The minimum absolute atomic E-state index is 0.159. The monoisotopic (exact) mass is 396 g/mol. The molecule has 1 heterocycles. The smallest absolute Gasteiger partial charge is 0.376 e. The number of esters is 1. The molecule has 1 aromatic rings. The van der Waals surface area contributed by atoms with Gasteiger partial charge in [-0.05, 0) is 18.2 Å². The van der Waals surface area contributed by atoms with Gasteiger partial charge in [0.05, 0.1) is 6.61 Å². The highest BCUT2D eigenvalue weighted by atomic mass is 16.7. The van der Waals surface area contributed by atoms with E-state index in [4.69, 9.17) is 4.74 Å². The predicted octanol–water partition coefficient (Wildman–Crippen LogP) is -1.72. The van der Waals surface area contributed by atoms with Crippen LogP contribution in [0.1, 0.15) is 12.5 Å². The molecule has 0 aliphatic carbocycles. The molecule has 1 unspecified atom stereocenters. The summed E-state index contributed by atoms with van der Waals surface area (Å²) in [7, 11) is 0. The number of hydrogen-bond donors (Lipinski definition) is 5. The summed E-state index contributed by atoms with van der Waals surface area (Å²) in [4.78, 5) is 35.1. The van der Waals surface area contributed by atoms with Crippen molar-refractivity contribution in [2.45, 2.75) is 37.1 Å². The predicted molar refractivity (Wildman–Crippen MR) is 91.6 cm³/mol. The lowest BCUT2D eigenvalue weighted by atomic mass is 9.80. The van der Waals surface area contributed by atoms with Gasteiger partial charge in [-0.3, -0.25) is 9.59 Å². The Labute approximate surface area is 159 Å². The first-order valence-electron chi connectivity index (χ1n) is 8.19. The summed E-state index contributed by atoms with van der Waals surface area (Å²) in [6.45, 7) is 0.00310. The highest BCUT2D eigenvalue weighted by Gasteiger charge is 2.60. The SMILES string of the molecule is CC(=O)C(=O)OC1O[C@H](CO)[C@@H](O)[C@@](O)(C(=O)C=Cc2ccccc2O)[C@H]1O. The Balaban J connectivity index is 2.33.